The fourth-order valence-corrected chi connectivity index (χ4v) is 2.19. The maximum Gasteiger partial charge on any atom is 0.223 e. The van der Waals surface area contributed by atoms with Gasteiger partial charge in [0.05, 0.1) is 0 Å². The van der Waals surface area contributed by atoms with Crippen LogP contribution in [0.5, 0.6) is 0 Å². The minimum Gasteiger partial charge on any atom is -0.334 e. The third kappa shape index (κ3) is 2.26. The monoisotopic (exact) mass is 217 g/mol. The molecule has 0 radical (unpaired) electrons. The first-order valence-corrected chi connectivity index (χ1v) is 6.07. The number of nitrogens with zero attached hydrogens (tertiary/aromatic N) is 1. The van der Waals surface area contributed by atoms with Crippen molar-refractivity contribution in [2.45, 2.75) is 46.2 Å². The first-order chi connectivity index (χ1) is 7.70. The lowest BCUT2D eigenvalue weighted by molar-refractivity contribution is -0.131. The van der Waals surface area contributed by atoms with E-state index in [1.54, 1.807) is 0 Å². The molecule has 0 fully saturated rings. The van der Waals surface area contributed by atoms with Gasteiger partial charge in [-0.25, -0.2) is 0 Å². The number of hydrogen-bond donors (Lipinski definition) is 0. The molecule has 0 unspecified atom stereocenters. The summed E-state index contributed by atoms with van der Waals surface area (Å²) in [6.45, 7) is 5.83. The molecule has 86 valence electrons. The molecule has 0 saturated heterocycles. The summed E-state index contributed by atoms with van der Waals surface area (Å²) in [5.41, 5.74) is 3.92. The van der Waals surface area contributed by atoms with E-state index >= 15 is 0 Å². The SMILES string of the molecule is CCCCC(=O)N1Cc2ccc(C)cc2C1. The highest BCUT2D eigenvalue weighted by atomic mass is 16.2. The predicted molar refractivity (Wildman–Crippen MR) is 65.0 cm³/mol. The van der Waals surface area contributed by atoms with Crippen LogP contribution in [0.3, 0.4) is 0 Å². The Bertz CT molecular complexity index is 398. The molecule has 2 heteroatoms. The lowest BCUT2D eigenvalue weighted by Gasteiger charge is -2.14. The van der Waals surface area contributed by atoms with Crippen LogP contribution in [0, 0.1) is 6.92 Å². The number of fused-ring (bicyclic) bond motifs is 1. The van der Waals surface area contributed by atoms with E-state index in [2.05, 4.69) is 32.0 Å². The number of amides is 1. The van der Waals surface area contributed by atoms with E-state index < -0.39 is 0 Å². The zero-order chi connectivity index (χ0) is 11.5. The molecule has 1 heterocycles. The zero-order valence-electron chi connectivity index (χ0n) is 10.1. The zero-order valence-corrected chi connectivity index (χ0v) is 10.1. The number of carbonyl (C=O) groups excluding carboxylic acids is 1. The third-order valence-corrected chi connectivity index (χ3v) is 3.18. The Hall–Kier alpha value is -1.31. The predicted octanol–water partition coefficient (Wildman–Crippen LogP) is 3.03. The maximum absolute atomic E-state index is 11.9. The first kappa shape index (κ1) is 11.2. The Kier molecular flexibility index (Phi) is 3.28. The van der Waals surface area contributed by atoms with E-state index in [0.717, 1.165) is 25.9 Å². The van der Waals surface area contributed by atoms with Gasteiger partial charge in [0.25, 0.3) is 0 Å². The Morgan fingerprint density at radius 3 is 2.81 bits per heavy atom. The van der Waals surface area contributed by atoms with Crippen molar-refractivity contribution in [3.8, 4) is 0 Å². The summed E-state index contributed by atoms with van der Waals surface area (Å²) in [6, 6.07) is 6.47. The van der Waals surface area contributed by atoms with Gasteiger partial charge < -0.3 is 4.90 Å². The first-order valence-electron chi connectivity index (χ1n) is 6.07. The molecule has 1 aromatic carbocycles. The third-order valence-electron chi connectivity index (χ3n) is 3.18. The molecule has 0 spiro atoms. The highest BCUT2D eigenvalue weighted by Gasteiger charge is 2.22. The lowest BCUT2D eigenvalue weighted by Crippen LogP contribution is -2.24. The van der Waals surface area contributed by atoms with Gasteiger partial charge in [-0.1, -0.05) is 37.1 Å². The summed E-state index contributed by atoms with van der Waals surface area (Å²) in [5, 5.41) is 0. The van der Waals surface area contributed by atoms with Crippen molar-refractivity contribution in [3.63, 3.8) is 0 Å². The lowest BCUT2D eigenvalue weighted by atomic mass is 10.1. The minimum absolute atomic E-state index is 0.302. The van der Waals surface area contributed by atoms with Crippen molar-refractivity contribution in [1.82, 2.24) is 4.90 Å². The van der Waals surface area contributed by atoms with E-state index in [0.29, 0.717) is 12.3 Å². The van der Waals surface area contributed by atoms with Crippen LogP contribution in [0.25, 0.3) is 0 Å². The van der Waals surface area contributed by atoms with Crippen LogP contribution in [-0.4, -0.2) is 10.8 Å². The quantitative estimate of drug-likeness (QED) is 0.762. The molecule has 0 saturated carbocycles. The molecule has 16 heavy (non-hydrogen) atoms. The molecular formula is C14H19NO. The number of carbonyl (C=O) groups is 1. The Morgan fingerprint density at radius 2 is 2.06 bits per heavy atom. The summed E-state index contributed by atoms with van der Waals surface area (Å²) in [6.07, 6.45) is 2.79. The van der Waals surface area contributed by atoms with Gasteiger partial charge in [-0.15, -0.1) is 0 Å². The van der Waals surface area contributed by atoms with Crippen LogP contribution < -0.4 is 0 Å². The molecule has 1 aliphatic heterocycles. The van der Waals surface area contributed by atoms with Crippen molar-refractivity contribution in [2.75, 3.05) is 0 Å². The van der Waals surface area contributed by atoms with Gasteiger partial charge in [0.15, 0.2) is 0 Å². The van der Waals surface area contributed by atoms with E-state index in [1.807, 2.05) is 4.90 Å². The summed E-state index contributed by atoms with van der Waals surface area (Å²) < 4.78 is 0. The van der Waals surface area contributed by atoms with Crippen LogP contribution in [0.1, 0.15) is 42.9 Å². The van der Waals surface area contributed by atoms with E-state index in [1.165, 1.54) is 16.7 Å². The average molecular weight is 217 g/mol. The fraction of sp³-hybridized carbons (Fsp3) is 0.500. The summed E-state index contributed by atoms with van der Waals surface area (Å²) in [5.74, 6) is 0.302. The van der Waals surface area contributed by atoms with Crippen molar-refractivity contribution < 1.29 is 4.79 Å². The average Bonchev–Trinajstić information content (AvgIpc) is 2.68. The molecule has 0 aromatic heterocycles. The van der Waals surface area contributed by atoms with Crippen LogP contribution in [-0.2, 0) is 17.9 Å². The van der Waals surface area contributed by atoms with Crippen LogP contribution in [0.4, 0.5) is 0 Å². The molecule has 0 aliphatic carbocycles. The molecule has 1 aromatic rings. The number of hydrogen-bond acceptors (Lipinski definition) is 1. The van der Waals surface area contributed by atoms with Crippen LogP contribution >= 0.6 is 0 Å². The maximum atomic E-state index is 11.9. The molecular weight excluding hydrogens is 198 g/mol. The van der Waals surface area contributed by atoms with Gasteiger partial charge in [-0.3, -0.25) is 4.79 Å². The summed E-state index contributed by atoms with van der Waals surface area (Å²) >= 11 is 0. The number of rotatable bonds is 3. The van der Waals surface area contributed by atoms with Gasteiger partial charge >= 0.3 is 0 Å². The minimum atomic E-state index is 0.302. The summed E-state index contributed by atoms with van der Waals surface area (Å²) in [7, 11) is 0. The van der Waals surface area contributed by atoms with Crippen molar-refractivity contribution in [2.24, 2.45) is 0 Å². The smallest absolute Gasteiger partial charge is 0.223 e. The molecule has 0 atom stereocenters. The standard InChI is InChI=1S/C14H19NO/c1-3-4-5-14(16)15-9-12-7-6-11(2)8-13(12)10-15/h6-8H,3-5,9-10H2,1-2H3. The molecule has 2 nitrogen and oxygen atoms in total. The Morgan fingerprint density at radius 1 is 1.31 bits per heavy atom. The second kappa shape index (κ2) is 4.69. The number of unbranched alkanes of at least 4 members (excludes halogenated alkanes) is 1. The second-order valence-electron chi connectivity index (χ2n) is 4.63. The van der Waals surface area contributed by atoms with E-state index in [4.69, 9.17) is 0 Å². The number of aryl methyl sites for hydroxylation is 1. The highest BCUT2D eigenvalue weighted by Crippen LogP contribution is 2.24. The molecule has 1 amide bonds. The largest absolute Gasteiger partial charge is 0.334 e. The Balaban J connectivity index is 2.02. The van der Waals surface area contributed by atoms with E-state index in [9.17, 15) is 4.79 Å². The Labute approximate surface area is 97.3 Å². The second-order valence-corrected chi connectivity index (χ2v) is 4.63. The van der Waals surface area contributed by atoms with Crippen molar-refractivity contribution in [3.05, 3.63) is 34.9 Å². The summed E-state index contributed by atoms with van der Waals surface area (Å²) in [4.78, 5) is 13.9. The molecule has 2 rings (SSSR count). The normalized spacial score (nSPS) is 14.0. The van der Waals surface area contributed by atoms with Gasteiger partial charge in [-0.2, -0.15) is 0 Å². The van der Waals surface area contributed by atoms with Gasteiger partial charge in [-0.05, 0) is 24.5 Å². The topological polar surface area (TPSA) is 20.3 Å². The van der Waals surface area contributed by atoms with Gasteiger partial charge in [0.1, 0.15) is 0 Å². The fourth-order valence-electron chi connectivity index (χ4n) is 2.19. The molecule has 0 bridgehead atoms. The molecule has 1 aliphatic rings. The highest BCUT2D eigenvalue weighted by molar-refractivity contribution is 5.76. The number of benzene rings is 1. The molecule has 0 N–H and O–H groups in total. The van der Waals surface area contributed by atoms with Crippen LogP contribution in [0.15, 0.2) is 18.2 Å². The van der Waals surface area contributed by atoms with Crippen molar-refractivity contribution in [1.29, 1.82) is 0 Å². The van der Waals surface area contributed by atoms with E-state index in [-0.39, 0.29) is 0 Å². The van der Waals surface area contributed by atoms with Crippen molar-refractivity contribution >= 4 is 5.91 Å². The van der Waals surface area contributed by atoms with Crippen LogP contribution in [0.2, 0.25) is 0 Å². The van der Waals surface area contributed by atoms with Gasteiger partial charge in [0, 0.05) is 19.5 Å². The van der Waals surface area contributed by atoms with Gasteiger partial charge in [0.2, 0.25) is 5.91 Å².